The van der Waals surface area contributed by atoms with Gasteiger partial charge in [-0.15, -0.1) is 0 Å². The van der Waals surface area contributed by atoms with Crippen molar-refractivity contribution < 1.29 is 18.0 Å². The van der Waals surface area contributed by atoms with E-state index in [4.69, 9.17) is 28.9 Å². The highest BCUT2D eigenvalue weighted by Gasteiger charge is 2.45. The molecule has 2 aliphatic rings. The van der Waals surface area contributed by atoms with Crippen LogP contribution in [0.1, 0.15) is 51.5 Å². The van der Waals surface area contributed by atoms with Gasteiger partial charge in [-0.25, -0.2) is 23.1 Å². The SMILES string of the molecule is CC1(C(N)=O)CCC(n2c(Nc3c(Cl)cc(F)cc3Cl)nc3cnc(NC4CC(F)(F)C4)nc32)CC1. The lowest BCUT2D eigenvalue weighted by atomic mass is 9.73. The number of rotatable bonds is 6. The highest BCUT2D eigenvalue weighted by Crippen LogP contribution is 2.44. The number of halogens is 5. The number of nitrogens with one attached hydrogen (secondary N) is 2. The molecule has 13 heteroatoms. The van der Waals surface area contributed by atoms with Gasteiger partial charge in [0.15, 0.2) is 5.65 Å². The molecule has 1 amide bonds. The zero-order valence-electron chi connectivity index (χ0n) is 19.3. The van der Waals surface area contributed by atoms with Gasteiger partial charge in [0, 0.05) is 30.3 Å². The Labute approximate surface area is 214 Å². The van der Waals surface area contributed by atoms with Gasteiger partial charge in [0.25, 0.3) is 5.92 Å². The number of hydrogen-bond donors (Lipinski definition) is 3. The van der Waals surface area contributed by atoms with Crippen LogP contribution in [0.5, 0.6) is 0 Å². The number of alkyl halides is 2. The van der Waals surface area contributed by atoms with Crippen LogP contribution in [0.3, 0.4) is 0 Å². The van der Waals surface area contributed by atoms with Gasteiger partial charge in [-0.3, -0.25) is 9.36 Å². The summed E-state index contributed by atoms with van der Waals surface area (Å²) in [5.41, 5.74) is 6.22. The van der Waals surface area contributed by atoms with Crippen LogP contribution in [0.25, 0.3) is 11.2 Å². The second-order valence-electron chi connectivity index (χ2n) is 9.84. The number of amides is 1. The molecular weight excluding hydrogens is 518 g/mol. The Hall–Kier alpha value is -2.79. The van der Waals surface area contributed by atoms with Crippen LogP contribution < -0.4 is 16.4 Å². The minimum absolute atomic E-state index is 0.0721. The molecule has 0 spiro atoms. The van der Waals surface area contributed by atoms with E-state index in [9.17, 15) is 18.0 Å². The normalized spacial score (nSPS) is 23.9. The molecule has 2 aromatic heterocycles. The Morgan fingerprint density at radius 1 is 1.17 bits per heavy atom. The smallest absolute Gasteiger partial charge is 0.252 e. The van der Waals surface area contributed by atoms with Crippen LogP contribution in [0.15, 0.2) is 18.3 Å². The molecule has 192 valence electrons. The molecule has 36 heavy (non-hydrogen) atoms. The number of hydrogen-bond acceptors (Lipinski definition) is 6. The number of nitrogens with zero attached hydrogens (tertiary/aromatic N) is 4. The van der Waals surface area contributed by atoms with E-state index >= 15 is 0 Å². The molecule has 0 atom stereocenters. The van der Waals surface area contributed by atoms with Crippen molar-refractivity contribution in [3.63, 3.8) is 0 Å². The average molecular weight is 542 g/mol. The van der Waals surface area contributed by atoms with Crippen LogP contribution in [-0.4, -0.2) is 37.4 Å². The second-order valence-corrected chi connectivity index (χ2v) is 10.7. The summed E-state index contributed by atoms with van der Waals surface area (Å²) >= 11 is 12.5. The maximum Gasteiger partial charge on any atom is 0.252 e. The predicted octanol–water partition coefficient (Wildman–Crippen LogP) is 5.83. The maximum absolute atomic E-state index is 13.7. The number of benzene rings is 1. The molecule has 0 radical (unpaired) electrons. The molecule has 0 aliphatic heterocycles. The van der Waals surface area contributed by atoms with Crippen molar-refractivity contribution in [2.45, 2.75) is 63.5 Å². The van der Waals surface area contributed by atoms with E-state index in [0.717, 1.165) is 12.1 Å². The number of primary amides is 1. The maximum atomic E-state index is 13.7. The lowest BCUT2D eigenvalue weighted by Crippen LogP contribution is -2.44. The van der Waals surface area contributed by atoms with Gasteiger partial charge in [-0.1, -0.05) is 30.1 Å². The summed E-state index contributed by atoms with van der Waals surface area (Å²) in [4.78, 5) is 25.4. The van der Waals surface area contributed by atoms with Gasteiger partial charge in [0.05, 0.1) is 21.9 Å². The number of nitrogens with two attached hydrogens (primary N) is 1. The molecule has 0 saturated heterocycles. The van der Waals surface area contributed by atoms with E-state index in [2.05, 4.69) is 25.6 Å². The van der Waals surface area contributed by atoms with E-state index in [1.165, 1.54) is 6.20 Å². The molecule has 2 heterocycles. The number of fused-ring (bicyclic) bond motifs is 1. The molecule has 8 nitrogen and oxygen atoms in total. The minimum atomic E-state index is -2.68. The molecule has 2 saturated carbocycles. The zero-order chi connectivity index (χ0) is 25.8. The third-order valence-corrected chi connectivity index (χ3v) is 7.71. The third kappa shape index (κ3) is 4.66. The Morgan fingerprint density at radius 2 is 1.81 bits per heavy atom. The molecule has 2 aliphatic carbocycles. The Morgan fingerprint density at radius 3 is 2.39 bits per heavy atom. The lowest BCUT2D eigenvalue weighted by Gasteiger charge is -2.36. The Bertz CT molecular complexity index is 1310. The van der Waals surface area contributed by atoms with Crippen LogP contribution in [-0.2, 0) is 4.79 Å². The molecule has 5 rings (SSSR count). The molecule has 0 bridgehead atoms. The van der Waals surface area contributed by atoms with Crippen molar-refractivity contribution >= 4 is 57.9 Å². The first-order valence-electron chi connectivity index (χ1n) is 11.5. The van der Waals surface area contributed by atoms with Crippen LogP contribution in [0, 0.1) is 11.2 Å². The fraction of sp³-hybridized carbons (Fsp3) is 0.478. The van der Waals surface area contributed by atoms with Crippen molar-refractivity contribution in [1.82, 2.24) is 19.5 Å². The Kier molecular flexibility index (Phi) is 6.19. The molecule has 0 unspecified atom stereocenters. The van der Waals surface area contributed by atoms with E-state index in [1.807, 2.05) is 11.5 Å². The molecule has 4 N–H and O–H groups in total. The van der Waals surface area contributed by atoms with E-state index < -0.39 is 23.2 Å². The van der Waals surface area contributed by atoms with Gasteiger partial charge >= 0.3 is 0 Å². The summed E-state index contributed by atoms with van der Waals surface area (Å²) in [6.07, 6.45) is 3.31. The number of carbonyl (C=O) groups is 1. The number of carbonyl (C=O) groups excluding carboxylic acids is 1. The molecule has 2 fully saturated rings. The number of aromatic nitrogens is 4. The highest BCUT2D eigenvalue weighted by molar-refractivity contribution is 6.39. The van der Waals surface area contributed by atoms with E-state index in [0.29, 0.717) is 42.8 Å². The fourth-order valence-corrected chi connectivity index (χ4v) is 5.41. The van der Waals surface area contributed by atoms with Gasteiger partial charge in [0.1, 0.15) is 11.3 Å². The predicted molar refractivity (Wildman–Crippen MR) is 131 cm³/mol. The first kappa shape index (κ1) is 24.9. The molecular formula is C23H24Cl2F3N7O. The van der Waals surface area contributed by atoms with Crippen molar-refractivity contribution in [3.05, 3.63) is 34.2 Å². The first-order chi connectivity index (χ1) is 16.9. The van der Waals surface area contributed by atoms with Gasteiger partial charge in [-0.2, -0.15) is 4.98 Å². The Balaban J connectivity index is 1.52. The van der Waals surface area contributed by atoms with Crippen LogP contribution >= 0.6 is 23.2 Å². The molecule has 1 aromatic carbocycles. The second kappa shape index (κ2) is 8.95. The summed E-state index contributed by atoms with van der Waals surface area (Å²) in [5.74, 6) is -3.03. The van der Waals surface area contributed by atoms with E-state index in [-0.39, 0.29) is 46.5 Å². The summed E-state index contributed by atoms with van der Waals surface area (Å²) < 4.78 is 42.2. The largest absolute Gasteiger partial charge is 0.369 e. The number of anilines is 3. The van der Waals surface area contributed by atoms with Crippen molar-refractivity contribution in [3.8, 4) is 0 Å². The summed E-state index contributed by atoms with van der Waals surface area (Å²) in [5, 5.41) is 6.21. The van der Waals surface area contributed by atoms with Crippen LogP contribution in [0.2, 0.25) is 10.0 Å². The topological polar surface area (TPSA) is 111 Å². The monoisotopic (exact) mass is 541 g/mol. The van der Waals surface area contributed by atoms with Crippen molar-refractivity contribution in [1.29, 1.82) is 0 Å². The zero-order valence-corrected chi connectivity index (χ0v) is 20.8. The third-order valence-electron chi connectivity index (χ3n) is 7.12. The summed E-state index contributed by atoms with van der Waals surface area (Å²) in [7, 11) is 0. The van der Waals surface area contributed by atoms with Gasteiger partial charge < -0.3 is 16.4 Å². The average Bonchev–Trinajstić information content (AvgIpc) is 3.13. The van der Waals surface area contributed by atoms with Gasteiger partial charge in [0.2, 0.25) is 17.8 Å². The molecule has 3 aromatic rings. The van der Waals surface area contributed by atoms with Gasteiger partial charge in [-0.05, 0) is 37.8 Å². The fourth-order valence-electron chi connectivity index (χ4n) is 4.86. The lowest BCUT2D eigenvalue weighted by molar-refractivity contribution is -0.128. The quantitative estimate of drug-likeness (QED) is 0.362. The summed E-state index contributed by atoms with van der Waals surface area (Å²) in [6, 6.07) is 1.74. The van der Waals surface area contributed by atoms with Crippen LogP contribution in [0.4, 0.5) is 30.8 Å². The summed E-state index contributed by atoms with van der Waals surface area (Å²) in [6.45, 7) is 1.85. The standard InChI is InChI=1S/C23H24Cl2F3N7O/c1-22(19(29)36)4-2-13(3-5-22)35-18-16(10-30-20(34-18)31-12-8-23(27,28)9-12)32-21(35)33-17-14(24)6-11(26)7-15(17)25/h6-7,10,12-13H,2-5,8-9H2,1H3,(H2,29,36)(H,32,33)(H,30,31,34). The first-order valence-corrected chi connectivity index (χ1v) is 12.3. The minimum Gasteiger partial charge on any atom is -0.369 e. The van der Waals surface area contributed by atoms with E-state index in [1.54, 1.807) is 0 Å². The highest BCUT2D eigenvalue weighted by atomic mass is 35.5. The number of imidazole rings is 1. The van der Waals surface area contributed by atoms with Crippen molar-refractivity contribution in [2.75, 3.05) is 10.6 Å². The van der Waals surface area contributed by atoms with Crippen molar-refractivity contribution in [2.24, 2.45) is 11.1 Å².